The molecule has 1 aromatic carbocycles. The molecule has 1 heterocycles. The van der Waals surface area contributed by atoms with Crippen molar-refractivity contribution >= 4 is 10.0 Å². The van der Waals surface area contributed by atoms with Gasteiger partial charge in [0.25, 0.3) is 0 Å². The summed E-state index contributed by atoms with van der Waals surface area (Å²) in [5.74, 6) is 0.289. The molecule has 0 amide bonds. The molecule has 2 aromatic rings. The fourth-order valence-corrected chi connectivity index (χ4v) is 3.09. The van der Waals surface area contributed by atoms with Gasteiger partial charge in [-0.1, -0.05) is 17.3 Å². The third kappa shape index (κ3) is 3.18. The summed E-state index contributed by atoms with van der Waals surface area (Å²) in [5, 5.41) is 16.0. The summed E-state index contributed by atoms with van der Waals surface area (Å²) in [6, 6.07) is 5.19. The van der Waals surface area contributed by atoms with Crippen LogP contribution in [0, 0.1) is 6.92 Å². The van der Waals surface area contributed by atoms with Crippen molar-refractivity contribution in [2.24, 2.45) is 0 Å². The van der Waals surface area contributed by atoms with Gasteiger partial charge < -0.3 is 5.32 Å². The third-order valence-corrected chi connectivity index (χ3v) is 4.41. The maximum atomic E-state index is 12.3. The van der Waals surface area contributed by atoms with Gasteiger partial charge in [-0.3, -0.25) is 0 Å². The zero-order chi connectivity index (χ0) is 14.6. The zero-order valence-electron chi connectivity index (χ0n) is 11.2. The number of nitrogens with zero attached hydrogens (tertiary/aromatic N) is 3. The van der Waals surface area contributed by atoms with E-state index in [2.05, 4.69) is 30.7 Å². The lowest BCUT2D eigenvalue weighted by molar-refractivity contribution is 0.578. The second-order valence-electron chi connectivity index (χ2n) is 4.22. The van der Waals surface area contributed by atoms with Crippen molar-refractivity contribution in [3.63, 3.8) is 0 Å². The molecule has 0 unspecified atom stereocenters. The van der Waals surface area contributed by atoms with Crippen LogP contribution >= 0.6 is 0 Å². The number of benzene rings is 1. The van der Waals surface area contributed by atoms with Gasteiger partial charge in [0.15, 0.2) is 5.82 Å². The summed E-state index contributed by atoms with van der Waals surface area (Å²) < 4.78 is 27.0. The third-order valence-electron chi connectivity index (χ3n) is 2.86. The Kier molecular flexibility index (Phi) is 4.42. The first-order valence-corrected chi connectivity index (χ1v) is 7.48. The first-order chi connectivity index (χ1) is 9.54. The van der Waals surface area contributed by atoms with E-state index in [1.807, 2.05) is 13.1 Å². The summed E-state index contributed by atoms with van der Waals surface area (Å²) in [6.45, 7) is 2.39. The first-order valence-electron chi connectivity index (χ1n) is 5.99. The van der Waals surface area contributed by atoms with Gasteiger partial charge in [0, 0.05) is 6.54 Å². The van der Waals surface area contributed by atoms with E-state index >= 15 is 0 Å². The predicted molar refractivity (Wildman–Crippen MR) is 72.1 cm³/mol. The molecule has 0 atom stereocenters. The number of rotatable bonds is 6. The van der Waals surface area contributed by atoms with Crippen LogP contribution in [0.4, 0.5) is 0 Å². The minimum absolute atomic E-state index is 0.00543. The van der Waals surface area contributed by atoms with Gasteiger partial charge in [-0.25, -0.2) is 13.1 Å². The SMILES string of the molecule is CNCc1cccc(S(=O)(=O)NCc2nn[nH]n2)c1C. The van der Waals surface area contributed by atoms with Crippen molar-refractivity contribution in [1.29, 1.82) is 0 Å². The molecule has 20 heavy (non-hydrogen) atoms. The highest BCUT2D eigenvalue weighted by Gasteiger charge is 2.18. The molecule has 0 bridgehead atoms. The summed E-state index contributed by atoms with van der Waals surface area (Å²) >= 11 is 0. The number of H-pyrrole nitrogens is 1. The molecular weight excluding hydrogens is 280 g/mol. The Morgan fingerprint density at radius 1 is 1.30 bits per heavy atom. The maximum Gasteiger partial charge on any atom is 0.241 e. The molecule has 108 valence electrons. The Balaban J connectivity index is 2.23. The van der Waals surface area contributed by atoms with Crippen molar-refractivity contribution in [2.45, 2.75) is 24.9 Å². The van der Waals surface area contributed by atoms with E-state index in [0.717, 1.165) is 11.1 Å². The molecule has 0 saturated heterocycles. The minimum Gasteiger partial charge on any atom is -0.316 e. The first kappa shape index (κ1) is 14.6. The Hall–Kier alpha value is -1.84. The highest BCUT2D eigenvalue weighted by molar-refractivity contribution is 7.89. The van der Waals surface area contributed by atoms with Gasteiger partial charge >= 0.3 is 0 Å². The van der Waals surface area contributed by atoms with Crippen LogP contribution in [-0.2, 0) is 23.1 Å². The molecule has 3 N–H and O–H groups in total. The molecule has 0 radical (unpaired) electrons. The molecule has 9 heteroatoms. The molecule has 0 fully saturated rings. The number of hydrogen-bond donors (Lipinski definition) is 3. The van der Waals surface area contributed by atoms with Crippen LogP contribution in [0.3, 0.4) is 0 Å². The highest BCUT2D eigenvalue weighted by atomic mass is 32.2. The standard InChI is InChI=1S/C11H16N6O2S/c1-8-9(6-12-2)4-3-5-10(8)20(18,19)13-7-11-14-16-17-15-11/h3-5,12-13H,6-7H2,1-2H3,(H,14,15,16,17). The molecule has 0 spiro atoms. The van der Waals surface area contributed by atoms with Crippen LogP contribution in [-0.4, -0.2) is 36.1 Å². The van der Waals surface area contributed by atoms with E-state index in [4.69, 9.17) is 0 Å². The number of sulfonamides is 1. The van der Waals surface area contributed by atoms with Crippen molar-refractivity contribution < 1.29 is 8.42 Å². The van der Waals surface area contributed by atoms with Crippen LogP contribution in [0.15, 0.2) is 23.1 Å². The van der Waals surface area contributed by atoms with Crippen molar-refractivity contribution in [2.75, 3.05) is 7.05 Å². The van der Waals surface area contributed by atoms with E-state index in [-0.39, 0.29) is 17.3 Å². The Bertz CT molecular complexity index is 668. The zero-order valence-corrected chi connectivity index (χ0v) is 12.0. The number of nitrogens with one attached hydrogen (secondary N) is 3. The topological polar surface area (TPSA) is 113 Å². The second-order valence-corrected chi connectivity index (χ2v) is 5.96. The molecule has 0 aliphatic heterocycles. The Labute approximate surface area is 117 Å². The fraction of sp³-hybridized carbons (Fsp3) is 0.364. The van der Waals surface area contributed by atoms with Crippen LogP contribution in [0.2, 0.25) is 0 Å². The van der Waals surface area contributed by atoms with E-state index in [1.165, 1.54) is 0 Å². The largest absolute Gasteiger partial charge is 0.316 e. The molecule has 0 aliphatic carbocycles. The van der Waals surface area contributed by atoms with Crippen LogP contribution < -0.4 is 10.0 Å². The van der Waals surface area contributed by atoms with Gasteiger partial charge in [-0.2, -0.15) is 5.21 Å². The predicted octanol–water partition coefficient (Wildman–Crippen LogP) is -0.294. The number of hydrogen-bond acceptors (Lipinski definition) is 6. The van der Waals surface area contributed by atoms with E-state index in [9.17, 15) is 8.42 Å². The molecule has 1 aromatic heterocycles. The van der Waals surface area contributed by atoms with Crippen molar-refractivity contribution in [1.82, 2.24) is 30.7 Å². The lowest BCUT2D eigenvalue weighted by Crippen LogP contribution is -2.25. The van der Waals surface area contributed by atoms with Crippen LogP contribution in [0.1, 0.15) is 17.0 Å². The van der Waals surface area contributed by atoms with Crippen LogP contribution in [0.5, 0.6) is 0 Å². The van der Waals surface area contributed by atoms with Crippen molar-refractivity contribution in [3.8, 4) is 0 Å². The monoisotopic (exact) mass is 296 g/mol. The minimum atomic E-state index is -3.61. The van der Waals surface area contributed by atoms with Crippen LogP contribution in [0.25, 0.3) is 0 Å². The lowest BCUT2D eigenvalue weighted by Gasteiger charge is -2.11. The van der Waals surface area contributed by atoms with Gasteiger partial charge in [0.2, 0.25) is 10.0 Å². The molecule has 0 aliphatic rings. The average Bonchev–Trinajstić information content (AvgIpc) is 2.92. The number of aromatic nitrogens is 4. The van der Waals surface area contributed by atoms with E-state index < -0.39 is 10.0 Å². The van der Waals surface area contributed by atoms with Gasteiger partial charge in [0.05, 0.1) is 11.4 Å². The second kappa shape index (κ2) is 6.07. The normalized spacial score (nSPS) is 11.7. The lowest BCUT2D eigenvalue weighted by atomic mass is 10.1. The maximum absolute atomic E-state index is 12.3. The molecule has 2 rings (SSSR count). The van der Waals surface area contributed by atoms with Gasteiger partial charge in [0.1, 0.15) is 0 Å². The van der Waals surface area contributed by atoms with Crippen molar-refractivity contribution in [3.05, 3.63) is 35.2 Å². The molecular formula is C11H16N6O2S. The average molecular weight is 296 g/mol. The van der Waals surface area contributed by atoms with E-state index in [0.29, 0.717) is 6.54 Å². The summed E-state index contributed by atoms with van der Waals surface area (Å²) in [7, 11) is -1.79. The number of tetrazole rings is 1. The van der Waals surface area contributed by atoms with Gasteiger partial charge in [-0.15, -0.1) is 10.2 Å². The number of aromatic amines is 1. The fourth-order valence-electron chi connectivity index (χ4n) is 1.83. The van der Waals surface area contributed by atoms with E-state index in [1.54, 1.807) is 19.1 Å². The molecule has 0 saturated carbocycles. The Morgan fingerprint density at radius 3 is 2.75 bits per heavy atom. The summed E-state index contributed by atoms with van der Waals surface area (Å²) in [4.78, 5) is 0.258. The molecule has 8 nitrogen and oxygen atoms in total. The smallest absolute Gasteiger partial charge is 0.241 e. The highest BCUT2D eigenvalue weighted by Crippen LogP contribution is 2.18. The summed E-state index contributed by atoms with van der Waals surface area (Å²) in [6.07, 6.45) is 0. The quantitative estimate of drug-likeness (QED) is 0.675. The Morgan fingerprint density at radius 2 is 2.10 bits per heavy atom. The van der Waals surface area contributed by atoms with Gasteiger partial charge in [-0.05, 0) is 31.2 Å². The summed E-state index contributed by atoms with van der Waals surface area (Å²) in [5.41, 5.74) is 1.66.